The van der Waals surface area contributed by atoms with Crippen LogP contribution in [-0.2, 0) is 34.1 Å². The minimum Gasteiger partial charge on any atom is -0.302 e. The third-order valence-corrected chi connectivity index (χ3v) is 5.42. The number of amides is 1. The first-order valence-electron chi connectivity index (χ1n) is 7.75. The molecule has 0 fully saturated rings. The van der Waals surface area contributed by atoms with Crippen LogP contribution < -0.4 is 10.0 Å². The van der Waals surface area contributed by atoms with Crippen molar-refractivity contribution in [2.75, 3.05) is 16.3 Å². The van der Waals surface area contributed by atoms with Crippen LogP contribution >= 0.6 is 11.3 Å². The fourth-order valence-electron chi connectivity index (χ4n) is 2.72. The van der Waals surface area contributed by atoms with Crippen LogP contribution in [-0.4, -0.2) is 25.6 Å². The molecule has 0 spiro atoms. The molecule has 0 saturated carbocycles. The summed E-state index contributed by atoms with van der Waals surface area (Å²) in [6.45, 7) is 0. The highest BCUT2D eigenvalue weighted by Crippen LogP contribution is 2.29. The maximum Gasteiger partial charge on any atom is 0.230 e. The molecule has 0 unspecified atom stereocenters. The lowest BCUT2D eigenvalue weighted by atomic mass is 10.0. The summed E-state index contributed by atoms with van der Waals surface area (Å²) in [6.07, 6.45) is 5.50. The molecule has 6 nitrogen and oxygen atoms in total. The van der Waals surface area contributed by atoms with Crippen LogP contribution in [0, 0.1) is 0 Å². The van der Waals surface area contributed by atoms with Crippen molar-refractivity contribution in [3.63, 3.8) is 0 Å². The number of para-hydroxylation sites is 1. The molecule has 1 heterocycles. The number of carbonyl (C=O) groups is 1. The van der Waals surface area contributed by atoms with Crippen molar-refractivity contribution in [2.24, 2.45) is 0 Å². The van der Waals surface area contributed by atoms with E-state index in [0.717, 1.165) is 31.2 Å². The van der Waals surface area contributed by atoms with Gasteiger partial charge >= 0.3 is 0 Å². The fourth-order valence-corrected chi connectivity index (χ4v) is 4.38. The second-order valence-corrected chi connectivity index (χ2v) is 8.68. The number of aromatic nitrogens is 1. The van der Waals surface area contributed by atoms with Gasteiger partial charge in [-0.15, -0.1) is 11.3 Å². The molecule has 1 aromatic carbocycles. The number of nitrogens with zero attached hydrogens (tertiary/aromatic N) is 1. The molecule has 0 atom stereocenters. The van der Waals surface area contributed by atoms with E-state index in [1.54, 1.807) is 24.3 Å². The predicted octanol–water partition coefficient (Wildman–Crippen LogP) is 2.57. The quantitative estimate of drug-likeness (QED) is 0.852. The lowest BCUT2D eigenvalue weighted by molar-refractivity contribution is -0.115. The van der Waals surface area contributed by atoms with Gasteiger partial charge in [-0.2, -0.15) is 0 Å². The maximum absolute atomic E-state index is 12.3. The Morgan fingerprint density at radius 3 is 2.75 bits per heavy atom. The summed E-state index contributed by atoms with van der Waals surface area (Å²) in [7, 11) is -3.39. The number of thiazole rings is 1. The van der Waals surface area contributed by atoms with Crippen LogP contribution in [0.3, 0.4) is 0 Å². The molecular weight excluding hydrogens is 346 g/mol. The zero-order valence-corrected chi connectivity index (χ0v) is 15.0. The van der Waals surface area contributed by atoms with Gasteiger partial charge in [0.05, 0.1) is 24.1 Å². The fraction of sp³-hybridized carbons (Fsp3) is 0.375. The van der Waals surface area contributed by atoms with Gasteiger partial charge < -0.3 is 5.32 Å². The molecule has 128 valence electrons. The number of nitrogens with one attached hydrogen (secondary N) is 2. The second-order valence-electron chi connectivity index (χ2n) is 5.85. The standard InChI is InChI=1S/C16H19N3O3S2/c1-24(21,22)19-12-7-3-2-6-11(12)10-15(20)18-16-17-13-8-4-5-9-14(13)23-16/h2-3,6-7,19H,4-5,8-10H2,1H3,(H,17,18,20). The van der Waals surface area contributed by atoms with Gasteiger partial charge in [0.25, 0.3) is 0 Å². The molecule has 1 amide bonds. The SMILES string of the molecule is CS(=O)(=O)Nc1ccccc1CC(=O)Nc1nc2c(s1)CCCC2. The minimum absolute atomic E-state index is 0.0862. The van der Waals surface area contributed by atoms with Gasteiger partial charge in [-0.25, -0.2) is 13.4 Å². The number of hydrogen-bond donors (Lipinski definition) is 2. The van der Waals surface area contributed by atoms with Crippen molar-refractivity contribution < 1.29 is 13.2 Å². The molecule has 3 rings (SSSR count). The molecule has 0 radical (unpaired) electrons. The zero-order valence-electron chi connectivity index (χ0n) is 13.3. The van der Waals surface area contributed by atoms with E-state index in [0.29, 0.717) is 16.4 Å². The first-order valence-corrected chi connectivity index (χ1v) is 10.5. The second kappa shape index (κ2) is 6.90. The van der Waals surface area contributed by atoms with E-state index in [-0.39, 0.29) is 12.3 Å². The van der Waals surface area contributed by atoms with Gasteiger partial charge in [0, 0.05) is 4.88 Å². The molecule has 1 aliphatic carbocycles. The lowest BCUT2D eigenvalue weighted by Crippen LogP contribution is -2.17. The van der Waals surface area contributed by atoms with Crippen LogP contribution in [0.5, 0.6) is 0 Å². The summed E-state index contributed by atoms with van der Waals surface area (Å²) in [6, 6.07) is 6.88. The Morgan fingerprint density at radius 2 is 2.00 bits per heavy atom. The minimum atomic E-state index is -3.39. The monoisotopic (exact) mass is 365 g/mol. The molecule has 2 aromatic rings. The zero-order chi connectivity index (χ0) is 17.2. The van der Waals surface area contributed by atoms with Crippen LogP contribution in [0.25, 0.3) is 0 Å². The Balaban J connectivity index is 1.70. The summed E-state index contributed by atoms with van der Waals surface area (Å²) < 4.78 is 25.3. The van der Waals surface area contributed by atoms with Crippen molar-refractivity contribution in [2.45, 2.75) is 32.1 Å². The van der Waals surface area contributed by atoms with Gasteiger partial charge in [0.2, 0.25) is 15.9 Å². The van der Waals surface area contributed by atoms with Crippen LogP contribution in [0.2, 0.25) is 0 Å². The number of hydrogen-bond acceptors (Lipinski definition) is 5. The Hall–Kier alpha value is -1.93. The highest BCUT2D eigenvalue weighted by molar-refractivity contribution is 7.92. The predicted molar refractivity (Wildman–Crippen MR) is 96.0 cm³/mol. The van der Waals surface area contributed by atoms with Crippen LogP contribution in [0.15, 0.2) is 24.3 Å². The number of rotatable bonds is 5. The summed E-state index contributed by atoms with van der Waals surface area (Å²) >= 11 is 1.53. The highest BCUT2D eigenvalue weighted by atomic mass is 32.2. The van der Waals surface area contributed by atoms with E-state index in [1.807, 2.05) is 0 Å². The Bertz CT molecular complexity index is 836. The number of benzene rings is 1. The average Bonchev–Trinajstić information content (AvgIpc) is 2.89. The number of sulfonamides is 1. The molecule has 1 aromatic heterocycles. The van der Waals surface area contributed by atoms with Gasteiger partial charge in [0.1, 0.15) is 0 Å². The molecule has 0 bridgehead atoms. The Labute approximate surface area is 145 Å². The first kappa shape index (κ1) is 16.9. The summed E-state index contributed by atoms with van der Waals surface area (Å²) in [5.41, 5.74) is 2.15. The average molecular weight is 365 g/mol. The number of aryl methyl sites for hydroxylation is 2. The molecule has 0 saturated heterocycles. The van der Waals surface area contributed by atoms with Crippen molar-refractivity contribution in [1.82, 2.24) is 4.98 Å². The summed E-state index contributed by atoms with van der Waals surface area (Å²) in [5, 5.41) is 3.45. The summed E-state index contributed by atoms with van der Waals surface area (Å²) in [4.78, 5) is 18.0. The van der Waals surface area contributed by atoms with Gasteiger partial charge in [-0.05, 0) is 37.3 Å². The smallest absolute Gasteiger partial charge is 0.230 e. The number of anilines is 2. The number of fused-ring (bicyclic) bond motifs is 1. The van der Waals surface area contributed by atoms with Crippen LogP contribution in [0.1, 0.15) is 29.0 Å². The third kappa shape index (κ3) is 4.33. The van der Waals surface area contributed by atoms with E-state index in [9.17, 15) is 13.2 Å². The van der Waals surface area contributed by atoms with E-state index in [2.05, 4.69) is 15.0 Å². The molecule has 24 heavy (non-hydrogen) atoms. The molecule has 0 aliphatic heterocycles. The summed E-state index contributed by atoms with van der Waals surface area (Å²) in [5.74, 6) is -0.205. The molecule has 8 heteroatoms. The van der Waals surface area contributed by atoms with Crippen molar-refractivity contribution >= 4 is 38.1 Å². The largest absolute Gasteiger partial charge is 0.302 e. The molecule has 1 aliphatic rings. The third-order valence-electron chi connectivity index (χ3n) is 3.76. The topological polar surface area (TPSA) is 88.2 Å². The molecule has 2 N–H and O–H groups in total. The van der Waals surface area contributed by atoms with Crippen molar-refractivity contribution in [3.8, 4) is 0 Å². The van der Waals surface area contributed by atoms with E-state index >= 15 is 0 Å². The Morgan fingerprint density at radius 1 is 1.25 bits per heavy atom. The number of carbonyl (C=O) groups excluding carboxylic acids is 1. The lowest BCUT2D eigenvalue weighted by Gasteiger charge is -2.10. The van der Waals surface area contributed by atoms with Crippen molar-refractivity contribution in [1.29, 1.82) is 0 Å². The van der Waals surface area contributed by atoms with Gasteiger partial charge in [0.15, 0.2) is 5.13 Å². The van der Waals surface area contributed by atoms with Gasteiger partial charge in [-0.3, -0.25) is 9.52 Å². The molecular formula is C16H19N3O3S2. The highest BCUT2D eigenvalue weighted by Gasteiger charge is 2.17. The first-order chi connectivity index (χ1) is 11.4. The maximum atomic E-state index is 12.3. The van der Waals surface area contributed by atoms with E-state index in [4.69, 9.17) is 0 Å². The van der Waals surface area contributed by atoms with Gasteiger partial charge in [-0.1, -0.05) is 18.2 Å². The van der Waals surface area contributed by atoms with Crippen molar-refractivity contribution in [3.05, 3.63) is 40.4 Å². The Kier molecular flexibility index (Phi) is 4.86. The van der Waals surface area contributed by atoms with Crippen LogP contribution in [0.4, 0.5) is 10.8 Å². The normalized spacial score (nSPS) is 14.0. The van der Waals surface area contributed by atoms with E-state index in [1.165, 1.54) is 22.6 Å². The van der Waals surface area contributed by atoms with E-state index < -0.39 is 10.0 Å².